The highest BCUT2D eigenvalue weighted by Crippen LogP contribution is 2.31. The van der Waals surface area contributed by atoms with Gasteiger partial charge < -0.3 is 19.9 Å². The standard InChI is InChI=1S/C26H31N3O4/c1-18(2)14-16-33-20-12-10-19(11-13-20)27-24(30)17-29-22-8-4-3-7-21(22)25(31)28-15-6-5-9-23(28)26(29)32/h3-4,7-8,10-13,18,23H,5-6,9,14-17H2,1-2H3,(H,27,30). The van der Waals surface area contributed by atoms with Crippen LogP contribution in [-0.4, -0.2) is 48.4 Å². The molecule has 1 unspecified atom stereocenters. The molecule has 2 aliphatic heterocycles. The van der Waals surface area contributed by atoms with E-state index in [1.165, 1.54) is 4.90 Å². The predicted molar refractivity (Wildman–Crippen MR) is 127 cm³/mol. The summed E-state index contributed by atoms with van der Waals surface area (Å²) >= 11 is 0. The number of carbonyl (C=O) groups is 3. The second kappa shape index (κ2) is 10.1. The van der Waals surface area contributed by atoms with E-state index in [0.29, 0.717) is 42.4 Å². The van der Waals surface area contributed by atoms with E-state index in [1.807, 2.05) is 12.1 Å². The molecule has 1 saturated heterocycles. The zero-order valence-corrected chi connectivity index (χ0v) is 19.3. The summed E-state index contributed by atoms with van der Waals surface area (Å²) in [5.41, 5.74) is 1.58. The van der Waals surface area contributed by atoms with Crippen LogP contribution in [0.25, 0.3) is 0 Å². The van der Waals surface area contributed by atoms with Crippen molar-refractivity contribution in [2.75, 3.05) is 29.9 Å². The van der Waals surface area contributed by atoms with Gasteiger partial charge in [0.05, 0.1) is 17.9 Å². The van der Waals surface area contributed by atoms with Crippen molar-refractivity contribution in [2.45, 2.75) is 45.6 Å². The van der Waals surface area contributed by atoms with Crippen molar-refractivity contribution < 1.29 is 19.1 Å². The molecule has 3 amide bonds. The third-order valence-electron chi connectivity index (χ3n) is 6.14. The lowest BCUT2D eigenvalue weighted by atomic mass is 10.0. The number of para-hydroxylation sites is 1. The Morgan fingerprint density at radius 1 is 1.09 bits per heavy atom. The van der Waals surface area contributed by atoms with Crippen LogP contribution in [0.3, 0.4) is 0 Å². The molecule has 2 heterocycles. The Morgan fingerprint density at radius 3 is 2.61 bits per heavy atom. The Bertz CT molecular complexity index is 1020. The zero-order valence-electron chi connectivity index (χ0n) is 19.3. The number of carbonyl (C=O) groups excluding carboxylic acids is 3. The van der Waals surface area contributed by atoms with Crippen molar-refractivity contribution >= 4 is 29.1 Å². The molecule has 2 aromatic carbocycles. The first-order valence-electron chi connectivity index (χ1n) is 11.7. The monoisotopic (exact) mass is 449 g/mol. The number of rotatable bonds is 7. The van der Waals surface area contributed by atoms with Gasteiger partial charge in [-0.1, -0.05) is 26.0 Å². The van der Waals surface area contributed by atoms with Crippen LogP contribution in [0.4, 0.5) is 11.4 Å². The SMILES string of the molecule is CC(C)CCOc1ccc(NC(=O)CN2C(=O)C3CCCCN3C(=O)c3ccccc32)cc1. The molecule has 0 radical (unpaired) electrons. The first-order valence-corrected chi connectivity index (χ1v) is 11.7. The third-order valence-corrected chi connectivity index (χ3v) is 6.14. The van der Waals surface area contributed by atoms with Gasteiger partial charge >= 0.3 is 0 Å². The summed E-state index contributed by atoms with van der Waals surface area (Å²) < 4.78 is 5.72. The van der Waals surface area contributed by atoms with Crippen LogP contribution in [0.2, 0.25) is 0 Å². The van der Waals surface area contributed by atoms with Crippen LogP contribution in [-0.2, 0) is 9.59 Å². The van der Waals surface area contributed by atoms with Gasteiger partial charge in [0, 0.05) is 12.2 Å². The van der Waals surface area contributed by atoms with E-state index in [4.69, 9.17) is 4.74 Å². The molecule has 4 rings (SSSR count). The topological polar surface area (TPSA) is 79.0 Å². The van der Waals surface area contributed by atoms with Crippen LogP contribution in [0.5, 0.6) is 5.75 Å². The van der Waals surface area contributed by atoms with Crippen molar-refractivity contribution in [3.8, 4) is 5.75 Å². The molecule has 2 aromatic rings. The number of hydrogen-bond donors (Lipinski definition) is 1. The molecular weight excluding hydrogens is 418 g/mol. The molecule has 1 fully saturated rings. The van der Waals surface area contributed by atoms with Crippen molar-refractivity contribution in [2.24, 2.45) is 5.92 Å². The maximum atomic E-state index is 13.4. The lowest BCUT2D eigenvalue weighted by Gasteiger charge is -2.34. The number of amides is 3. The number of nitrogens with zero attached hydrogens (tertiary/aromatic N) is 2. The fraction of sp³-hybridized carbons (Fsp3) is 0.423. The second-order valence-electron chi connectivity index (χ2n) is 9.06. The van der Waals surface area contributed by atoms with Gasteiger partial charge in [0.1, 0.15) is 18.3 Å². The highest BCUT2D eigenvalue weighted by molar-refractivity contribution is 6.13. The van der Waals surface area contributed by atoms with E-state index in [1.54, 1.807) is 41.3 Å². The molecule has 7 heteroatoms. The first-order chi connectivity index (χ1) is 15.9. The number of anilines is 2. The minimum atomic E-state index is -0.520. The molecule has 174 valence electrons. The third kappa shape index (κ3) is 5.18. The quantitative estimate of drug-likeness (QED) is 0.691. The van der Waals surface area contributed by atoms with Crippen LogP contribution in [0.1, 0.15) is 49.9 Å². The van der Waals surface area contributed by atoms with Crippen LogP contribution in [0.15, 0.2) is 48.5 Å². The summed E-state index contributed by atoms with van der Waals surface area (Å²) in [5, 5.41) is 2.86. The smallest absolute Gasteiger partial charge is 0.256 e. The van der Waals surface area contributed by atoms with E-state index < -0.39 is 6.04 Å². The Labute approximate surface area is 194 Å². The van der Waals surface area contributed by atoms with Gasteiger partial charge in [-0.05, 0) is 68.0 Å². The van der Waals surface area contributed by atoms with Gasteiger partial charge in [0.2, 0.25) is 11.8 Å². The molecule has 1 atom stereocenters. The molecule has 0 bridgehead atoms. The van der Waals surface area contributed by atoms with Crippen LogP contribution in [0, 0.1) is 5.92 Å². The first kappa shape index (κ1) is 22.8. The average Bonchev–Trinajstić information content (AvgIpc) is 2.90. The molecule has 0 aliphatic carbocycles. The van der Waals surface area contributed by atoms with E-state index in [0.717, 1.165) is 25.0 Å². The number of benzene rings is 2. The Balaban J connectivity index is 1.47. The van der Waals surface area contributed by atoms with Crippen molar-refractivity contribution in [3.05, 3.63) is 54.1 Å². The molecule has 1 N–H and O–H groups in total. The number of ether oxygens (including phenoxy) is 1. The fourth-order valence-electron chi connectivity index (χ4n) is 4.33. The molecule has 0 spiro atoms. The predicted octanol–water partition coefficient (Wildman–Crippen LogP) is 4.09. The summed E-state index contributed by atoms with van der Waals surface area (Å²) in [6, 6.07) is 13.7. The average molecular weight is 450 g/mol. The highest BCUT2D eigenvalue weighted by Gasteiger charge is 2.40. The number of fused-ring (bicyclic) bond motifs is 2. The van der Waals surface area contributed by atoms with Crippen molar-refractivity contribution in [1.29, 1.82) is 0 Å². The Kier molecular flexibility index (Phi) is 6.96. The van der Waals surface area contributed by atoms with Gasteiger partial charge in [0.15, 0.2) is 0 Å². The fourth-order valence-corrected chi connectivity index (χ4v) is 4.33. The second-order valence-corrected chi connectivity index (χ2v) is 9.06. The molecule has 7 nitrogen and oxygen atoms in total. The lowest BCUT2D eigenvalue weighted by molar-refractivity contribution is -0.125. The summed E-state index contributed by atoms with van der Waals surface area (Å²) in [7, 11) is 0. The minimum Gasteiger partial charge on any atom is -0.494 e. The number of nitrogens with one attached hydrogen (secondary N) is 1. The number of piperidine rings is 1. The van der Waals surface area contributed by atoms with E-state index in [9.17, 15) is 14.4 Å². The zero-order chi connectivity index (χ0) is 23.4. The van der Waals surface area contributed by atoms with E-state index in [-0.39, 0.29) is 24.3 Å². The van der Waals surface area contributed by atoms with Crippen LogP contribution >= 0.6 is 0 Å². The summed E-state index contributed by atoms with van der Waals surface area (Å²) in [5.74, 6) is 0.674. The van der Waals surface area contributed by atoms with Crippen molar-refractivity contribution in [3.63, 3.8) is 0 Å². The largest absolute Gasteiger partial charge is 0.494 e. The van der Waals surface area contributed by atoms with Gasteiger partial charge in [0.25, 0.3) is 5.91 Å². The normalized spacial score (nSPS) is 18.0. The molecule has 33 heavy (non-hydrogen) atoms. The Hall–Kier alpha value is -3.35. The summed E-state index contributed by atoms with van der Waals surface area (Å²) in [6.07, 6.45) is 3.37. The van der Waals surface area contributed by atoms with E-state index >= 15 is 0 Å². The maximum Gasteiger partial charge on any atom is 0.256 e. The van der Waals surface area contributed by atoms with Crippen molar-refractivity contribution in [1.82, 2.24) is 4.90 Å². The molecule has 0 aromatic heterocycles. The summed E-state index contributed by atoms with van der Waals surface area (Å²) in [6.45, 7) is 5.36. The molecular formula is C26H31N3O4. The molecule has 2 aliphatic rings. The molecule has 0 saturated carbocycles. The Morgan fingerprint density at radius 2 is 1.85 bits per heavy atom. The van der Waals surface area contributed by atoms with Gasteiger partial charge in [-0.25, -0.2) is 0 Å². The van der Waals surface area contributed by atoms with Gasteiger partial charge in [-0.2, -0.15) is 0 Å². The number of hydrogen-bond acceptors (Lipinski definition) is 4. The minimum absolute atomic E-state index is 0.139. The lowest BCUT2D eigenvalue weighted by Crippen LogP contribution is -2.52. The highest BCUT2D eigenvalue weighted by atomic mass is 16.5. The maximum absolute atomic E-state index is 13.4. The van der Waals surface area contributed by atoms with Gasteiger partial charge in [-0.15, -0.1) is 0 Å². The summed E-state index contributed by atoms with van der Waals surface area (Å²) in [4.78, 5) is 42.5. The van der Waals surface area contributed by atoms with Gasteiger partial charge in [-0.3, -0.25) is 14.4 Å². The van der Waals surface area contributed by atoms with E-state index in [2.05, 4.69) is 19.2 Å². The van der Waals surface area contributed by atoms with Crippen LogP contribution < -0.4 is 15.0 Å².